The molecule has 0 bridgehead atoms. The van der Waals surface area contributed by atoms with Crippen molar-refractivity contribution >= 4 is 21.4 Å². The van der Waals surface area contributed by atoms with Gasteiger partial charge < -0.3 is 9.73 Å². The molecule has 3 N–H and O–H groups in total. The average molecular weight is 311 g/mol. The van der Waals surface area contributed by atoms with Gasteiger partial charge in [-0.05, 0) is 30.7 Å². The van der Waals surface area contributed by atoms with Crippen molar-refractivity contribution in [2.75, 3.05) is 5.32 Å². The molecule has 0 spiro atoms. The second-order valence-corrected chi connectivity index (χ2v) is 5.87. The molecule has 0 aliphatic heterocycles. The number of nitro benzene ring substituents is 1. The van der Waals surface area contributed by atoms with E-state index in [1.165, 1.54) is 24.3 Å². The van der Waals surface area contributed by atoms with E-state index in [1.54, 1.807) is 13.0 Å². The predicted molar refractivity (Wildman–Crippen MR) is 75.2 cm³/mol. The number of nitrogens with one attached hydrogen (secondary N) is 1. The number of rotatable bonds is 5. The minimum atomic E-state index is -3.86. The number of non-ortho nitro benzene ring substituents is 1. The minimum Gasteiger partial charge on any atom is -0.446 e. The van der Waals surface area contributed by atoms with Gasteiger partial charge in [0.1, 0.15) is 5.76 Å². The molecule has 112 valence electrons. The van der Waals surface area contributed by atoms with Gasteiger partial charge in [0.05, 0.1) is 11.5 Å². The summed E-state index contributed by atoms with van der Waals surface area (Å²) in [5.74, 6) is 0.386. The van der Waals surface area contributed by atoms with Crippen LogP contribution in [-0.4, -0.2) is 13.3 Å². The van der Waals surface area contributed by atoms with Gasteiger partial charge in [0.15, 0.2) is 0 Å². The Labute approximate surface area is 120 Å². The number of nitrogens with two attached hydrogens (primary N) is 1. The summed E-state index contributed by atoms with van der Waals surface area (Å²) in [5.41, 5.74) is 1.39. The van der Waals surface area contributed by atoms with E-state index >= 15 is 0 Å². The van der Waals surface area contributed by atoms with Gasteiger partial charge in [0.2, 0.25) is 5.09 Å². The highest BCUT2D eigenvalue weighted by Crippen LogP contribution is 2.22. The van der Waals surface area contributed by atoms with Gasteiger partial charge in [-0.3, -0.25) is 10.1 Å². The fraction of sp³-hybridized carbons (Fsp3) is 0.167. The molecule has 1 aromatic carbocycles. The lowest BCUT2D eigenvalue weighted by atomic mass is 10.2. The molecule has 2 rings (SSSR count). The summed E-state index contributed by atoms with van der Waals surface area (Å²) >= 11 is 0. The zero-order valence-electron chi connectivity index (χ0n) is 11.1. The molecule has 0 atom stereocenters. The molecule has 9 heteroatoms. The van der Waals surface area contributed by atoms with Crippen molar-refractivity contribution in [3.8, 4) is 0 Å². The van der Waals surface area contributed by atoms with Gasteiger partial charge in [0.25, 0.3) is 15.7 Å². The molecule has 0 radical (unpaired) electrons. The number of hydrogen-bond donors (Lipinski definition) is 2. The summed E-state index contributed by atoms with van der Waals surface area (Å²) in [6, 6.07) is 7.17. The molecule has 8 nitrogen and oxygen atoms in total. The molecule has 1 heterocycles. The fourth-order valence-corrected chi connectivity index (χ4v) is 2.23. The molecule has 0 aliphatic carbocycles. The largest absolute Gasteiger partial charge is 0.446 e. The van der Waals surface area contributed by atoms with Crippen molar-refractivity contribution < 1.29 is 17.8 Å². The van der Waals surface area contributed by atoms with Gasteiger partial charge >= 0.3 is 0 Å². The van der Waals surface area contributed by atoms with Crippen LogP contribution in [0.2, 0.25) is 0 Å². The number of benzene rings is 1. The lowest BCUT2D eigenvalue weighted by Gasteiger charge is -2.07. The van der Waals surface area contributed by atoms with Crippen molar-refractivity contribution in [1.82, 2.24) is 0 Å². The van der Waals surface area contributed by atoms with Crippen molar-refractivity contribution in [2.45, 2.75) is 18.6 Å². The van der Waals surface area contributed by atoms with Gasteiger partial charge in [-0.1, -0.05) is 0 Å². The highest BCUT2D eigenvalue weighted by molar-refractivity contribution is 7.89. The molecular weight excluding hydrogens is 298 g/mol. The normalized spacial score (nSPS) is 11.3. The van der Waals surface area contributed by atoms with Crippen LogP contribution in [0.1, 0.15) is 11.3 Å². The quantitative estimate of drug-likeness (QED) is 0.639. The molecule has 0 saturated carbocycles. The Balaban J connectivity index is 2.10. The van der Waals surface area contributed by atoms with E-state index in [1.807, 2.05) is 0 Å². The van der Waals surface area contributed by atoms with Crippen molar-refractivity contribution in [2.24, 2.45) is 5.14 Å². The first-order chi connectivity index (χ1) is 9.77. The van der Waals surface area contributed by atoms with Crippen LogP contribution in [0.5, 0.6) is 0 Å². The van der Waals surface area contributed by atoms with E-state index in [9.17, 15) is 18.5 Å². The van der Waals surface area contributed by atoms with Crippen LogP contribution >= 0.6 is 0 Å². The number of nitro groups is 1. The smallest absolute Gasteiger partial charge is 0.271 e. The summed E-state index contributed by atoms with van der Waals surface area (Å²) in [7, 11) is -3.86. The number of sulfonamides is 1. The van der Waals surface area contributed by atoms with Crippen molar-refractivity contribution in [3.63, 3.8) is 0 Å². The number of primary sulfonamides is 1. The standard InChI is InChI=1S/C12H13N3O5S/c1-8-6-9(15(16)17)2-4-11(8)14-7-10-3-5-12(20-10)21(13,18)19/h2-6,14H,7H2,1H3,(H2,13,18,19). The van der Waals surface area contributed by atoms with Crippen LogP contribution in [0.4, 0.5) is 11.4 Å². The average Bonchev–Trinajstić information content (AvgIpc) is 2.85. The second-order valence-electron chi connectivity index (χ2n) is 4.38. The summed E-state index contributed by atoms with van der Waals surface area (Å²) < 4.78 is 27.2. The van der Waals surface area contributed by atoms with Crippen molar-refractivity contribution in [3.05, 3.63) is 51.8 Å². The van der Waals surface area contributed by atoms with E-state index in [2.05, 4.69) is 5.32 Å². The zero-order chi connectivity index (χ0) is 15.6. The maximum atomic E-state index is 11.1. The van der Waals surface area contributed by atoms with Crippen LogP contribution in [0.25, 0.3) is 0 Å². The maximum absolute atomic E-state index is 11.1. The highest BCUT2D eigenvalue weighted by atomic mass is 32.2. The number of hydrogen-bond acceptors (Lipinski definition) is 6. The monoisotopic (exact) mass is 311 g/mol. The van der Waals surface area contributed by atoms with Gasteiger partial charge in [-0.25, -0.2) is 13.6 Å². The lowest BCUT2D eigenvalue weighted by Crippen LogP contribution is -2.10. The lowest BCUT2D eigenvalue weighted by molar-refractivity contribution is -0.384. The van der Waals surface area contributed by atoms with E-state index in [0.717, 1.165) is 0 Å². The number of nitrogens with zero attached hydrogens (tertiary/aromatic N) is 1. The van der Waals surface area contributed by atoms with Crippen LogP contribution in [0, 0.1) is 17.0 Å². The van der Waals surface area contributed by atoms with E-state index < -0.39 is 14.9 Å². The Morgan fingerprint density at radius 3 is 2.57 bits per heavy atom. The fourth-order valence-electron chi connectivity index (χ4n) is 1.75. The number of furan rings is 1. The summed E-state index contributed by atoms with van der Waals surface area (Å²) in [6.45, 7) is 1.96. The molecule has 0 fully saturated rings. The molecule has 0 unspecified atom stereocenters. The molecule has 21 heavy (non-hydrogen) atoms. The third-order valence-electron chi connectivity index (χ3n) is 2.79. The molecule has 0 amide bonds. The number of anilines is 1. The third-order valence-corrected chi connectivity index (χ3v) is 3.57. The summed E-state index contributed by atoms with van der Waals surface area (Å²) in [4.78, 5) is 10.2. The SMILES string of the molecule is Cc1cc([N+](=O)[O-])ccc1NCc1ccc(S(N)(=O)=O)o1. The molecular formula is C12H13N3O5S. The van der Waals surface area contributed by atoms with Gasteiger partial charge in [-0.2, -0.15) is 0 Å². The Morgan fingerprint density at radius 1 is 1.33 bits per heavy atom. The van der Waals surface area contributed by atoms with Crippen LogP contribution in [0.15, 0.2) is 39.8 Å². The van der Waals surface area contributed by atoms with E-state index in [4.69, 9.17) is 9.56 Å². The Hall–Kier alpha value is -2.39. The summed E-state index contributed by atoms with van der Waals surface area (Å²) in [5, 5.41) is 18.3. The predicted octanol–water partition coefficient (Wildman–Crippen LogP) is 1.76. The molecule has 2 aromatic rings. The first kappa shape index (κ1) is 15.0. The van der Waals surface area contributed by atoms with Gasteiger partial charge in [-0.15, -0.1) is 0 Å². The molecule has 0 saturated heterocycles. The molecule has 1 aromatic heterocycles. The van der Waals surface area contributed by atoms with Crippen LogP contribution < -0.4 is 10.5 Å². The van der Waals surface area contributed by atoms with Crippen LogP contribution in [-0.2, 0) is 16.6 Å². The van der Waals surface area contributed by atoms with Gasteiger partial charge in [0, 0.05) is 17.8 Å². The van der Waals surface area contributed by atoms with Crippen LogP contribution in [0.3, 0.4) is 0 Å². The van der Waals surface area contributed by atoms with Crippen molar-refractivity contribution in [1.29, 1.82) is 0 Å². The second kappa shape index (κ2) is 5.54. The Bertz CT molecular complexity index is 782. The third kappa shape index (κ3) is 3.58. The number of aryl methyl sites for hydroxylation is 1. The topological polar surface area (TPSA) is 128 Å². The van der Waals surface area contributed by atoms with E-state index in [0.29, 0.717) is 17.0 Å². The molecule has 0 aliphatic rings. The minimum absolute atomic E-state index is 0.00700. The first-order valence-electron chi connectivity index (χ1n) is 5.88. The Morgan fingerprint density at radius 2 is 2.05 bits per heavy atom. The Kier molecular flexibility index (Phi) is 3.96. The zero-order valence-corrected chi connectivity index (χ0v) is 11.9. The first-order valence-corrected chi connectivity index (χ1v) is 7.42. The van der Waals surface area contributed by atoms with E-state index in [-0.39, 0.29) is 17.3 Å². The summed E-state index contributed by atoms with van der Waals surface area (Å²) in [6.07, 6.45) is 0. The maximum Gasteiger partial charge on any atom is 0.271 e. The highest BCUT2D eigenvalue weighted by Gasteiger charge is 2.13.